The molecule has 0 saturated carbocycles. The van der Waals surface area contributed by atoms with Crippen LogP contribution in [0.25, 0.3) is 0 Å². The molecule has 4 heteroatoms. The van der Waals surface area contributed by atoms with E-state index in [1.807, 2.05) is 19.1 Å². The summed E-state index contributed by atoms with van der Waals surface area (Å²) in [4.78, 5) is 4.58. The summed E-state index contributed by atoms with van der Waals surface area (Å²) in [5, 5.41) is 0. The van der Waals surface area contributed by atoms with E-state index in [1.165, 1.54) is 0 Å². The Morgan fingerprint density at radius 1 is 1.17 bits per heavy atom. The van der Waals surface area contributed by atoms with Crippen LogP contribution in [0.5, 0.6) is 11.5 Å². The number of hydrogen-bond donors (Lipinski definition) is 0. The van der Waals surface area contributed by atoms with Gasteiger partial charge < -0.3 is 14.2 Å². The molecule has 0 aromatic heterocycles. The second-order valence-electron chi connectivity index (χ2n) is 5.04. The van der Waals surface area contributed by atoms with Crippen molar-refractivity contribution in [3.05, 3.63) is 23.3 Å². The van der Waals surface area contributed by atoms with Gasteiger partial charge in [0.2, 0.25) is 5.90 Å². The highest BCUT2D eigenvalue weighted by atomic mass is 16.5. The topological polar surface area (TPSA) is 40.0 Å². The predicted octanol–water partition coefficient (Wildman–Crippen LogP) is 2.57. The second-order valence-corrected chi connectivity index (χ2v) is 5.04. The molecule has 1 aliphatic rings. The summed E-state index contributed by atoms with van der Waals surface area (Å²) >= 11 is 0. The number of methoxy groups -OCH3 is 2. The first-order chi connectivity index (χ1) is 8.46. The number of ether oxygens (including phenoxy) is 3. The number of rotatable bonds is 3. The summed E-state index contributed by atoms with van der Waals surface area (Å²) in [7, 11) is 3.25. The van der Waals surface area contributed by atoms with Crippen LogP contribution in [0, 0.1) is 6.92 Å². The number of benzene rings is 1. The molecule has 1 aromatic rings. The Kier molecular flexibility index (Phi) is 3.20. The third-order valence-electron chi connectivity index (χ3n) is 2.93. The van der Waals surface area contributed by atoms with Crippen LogP contribution < -0.4 is 9.47 Å². The molecule has 4 nitrogen and oxygen atoms in total. The van der Waals surface area contributed by atoms with E-state index in [1.54, 1.807) is 14.2 Å². The zero-order chi connectivity index (χ0) is 13.3. The van der Waals surface area contributed by atoms with E-state index in [9.17, 15) is 0 Å². The minimum absolute atomic E-state index is 0.158. The largest absolute Gasteiger partial charge is 0.493 e. The molecule has 2 rings (SSSR count). The Labute approximate surface area is 108 Å². The predicted molar refractivity (Wildman–Crippen MR) is 70.9 cm³/mol. The standard InChI is InChI=1S/C14H19NO3/c1-9-6-11(16-4)12(17-5)7-10(9)13-15-14(2,3)8-18-13/h6-7H,8H2,1-5H3. The maximum atomic E-state index is 5.66. The van der Waals surface area contributed by atoms with E-state index in [0.29, 0.717) is 18.3 Å². The molecule has 0 atom stereocenters. The monoisotopic (exact) mass is 249 g/mol. The summed E-state index contributed by atoms with van der Waals surface area (Å²) in [5.41, 5.74) is 1.86. The van der Waals surface area contributed by atoms with Gasteiger partial charge in [-0.25, -0.2) is 4.99 Å². The van der Waals surface area contributed by atoms with Gasteiger partial charge in [-0.2, -0.15) is 0 Å². The average molecular weight is 249 g/mol. The highest BCUT2D eigenvalue weighted by molar-refractivity contribution is 5.97. The average Bonchev–Trinajstić information content (AvgIpc) is 2.69. The van der Waals surface area contributed by atoms with Crippen LogP contribution in [0.15, 0.2) is 17.1 Å². The lowest BCUT2D eigenvalue weighted by Crippen LogP contribution is -2.17. The molecule has 1 aliphatic heterocycles. The Morgan fingerprint density at radius 2 is 1.78 bits per heavy atom. The normalized spacial score (nSPS) is 17.1. The van der Waals surface area contributed by atoms with Crippen LogP contribution in [0.1, 0.15) is 25.0 Å². The van der Waals surface area contributed by atoms with Crippen molar-refractivity contribution in [1.29, 1.82) is 0 Å². The quantitative estimate of drug-likeness (QED) is 0.826. The molecule has 0 saturated heterocycles. The van der Waals surface area contributed by atoms with E-state index in [0.717, 1.165) is 16.9 Å². The minimum atomic E-state index is -0.158. The minimum Gasteiger partial charge on any atom is -0.493 e. The fourth-order valence-electron chi connectivity index (χ4n) is 1.93. The number of aliphatic imine (C=N–C) groups is 1. The van der Waals surface area contributed by atoms with Gasteiger partial charge in [-0.05, 0) is 38.5 Å². The van der Waals surface area contributed by atoms with Crippen LogP contribution in [-0.4, -0.2) is 32.3 Å². The van der Waals surface area contributed by atoms with E-state index < -0.39 is 0 Å². The van der Waals surface area contributed by atoms with Gasteiger partial charge in [0, 0.05) is 5.56 Å². The van der Waals surface area contributed by atoms with Gasteiger partial charge in [0.1, 0.15) is 6.61 Å². The summed E-state index contributed by atoms with van der Waals surface area (Å²) in [6, 6.07) is 3.85. The highest BCUT2D eigenvalue weighted by Crippen LogP contribution is 2.32. The molecule has 0 bridgehead atoms. The van der Waals surface area contributed by atoms with Crippen LogP contribution in [-0.2, 0) is 4.74 Å². The lowest BCUT2D eigenvalue weighted by Gasteiger charge is -2.12. The third-order valence-corrected chi connectivity index (χ3v) is 2.93. The number of hydrogen-bond acceptors (Lipinski definition) is 4. The fraction of sp³-hybridized carbons (Fsp3) is 0.500. The third kappa shape index (κ3) is 2.28. The first kappa shape index (κ1) is 12.7. The van der Waals surface area contributed by atoms with Crippen molar-refractivity contribution in [2.75, 3.05) is 20.8 Å². The highest BCUT2D eigenvalue weighted by Gasteiger charge is 2.28. The van der Waals surface area contributed by atoms with E-state index in [-0.39, 0.29) is 5.54 Å². The molecule has 1 aromatic carbocycles. The molecular formula is C14H19NO3. The van der Waals surface area contributed by atoms with Crippen LogP contribution in [0.2, 0.25) is 0 Å². The lowest BCUT2D eigenvalue weighted by molar-refractivity contribution is 0.279. The Balaban J connectivity index is 2.46. The van der Waals surface area contributed by atoms with Crippen molar-refractivity contribution in [2.45, 2.75) is 26.3 Å². The SMILES string of the molecule is COc1cc(C)c(C2=NC(C)(C)CO2)cc1OC. The molecule has 98 valence electrons. The summed E-state index contributed by atoms with van der Waals surface area (Å²) in [6.07, 6.45) is 0. The Hall–Kier alpha value is -1.71. The molecule has 0 aliphatic carbocycles. The van der Waals surface area contributed by atoms with Crippen molar-refractivity contribution in [1.82, 2.24) is 0 Å². The van der Waals surface area contributed by atoms with Crippen molar-refractivity contribution in [3.63, 3.8) is 0 Å². The van der Waals surface area contributed by atoms with Crippen LogP contribution >= 0.6 is 0 Å². The summed E-state index contributed by atoms with van der Waals surface area (Å²) in [5.74, 6) is 2.09. The zero-order valence-electron chi connectivity index (χ0n) is 11.5. The summed E-state index contributed by atoms with van der Waals surface area (Å²) < 4.78 is 16.2. The van der Waals surface area contributed by atoms with Gasteiger partial charge >= 0.3 is 0 Å². The number of nitrogens with zero attached hydrogens (tertiary/aromatic N) is 1. The Morgan fingerprint density at radius 3 is 2.28 bits per heavy atom. The zero-order valence-corrected chi connectivity index (χ0v) is 11.5. The molecular weight excluding hydrogens is 230 g/mol. The van der Waals surface area contributed by atoms with E-state index >= 15 is 0 Å². The number of aryl methyl sites for hydroxylation is 1. The molecule has 0 N–H and O–H groups in total. The fourth-order valence-corrected chi connectivity index (χ4v) is 1.93. The molecule has 1 heterocycles. The molecule has 18 heavy (non-hydrogen) atoms. The molecule has 0 unspecified atom stereocenters. The van der Waals surface area contributed by atoms with Crippen molar-refractivity contribution in [2.24, 2.45) is 4.99 Å². The van der Waals surface area contributed by atoms with Gasteiger partial charge in [0.25, 0.3) is 0 Å². The van der Waals surface area contributed by atoms with Crippen LogP contribution in [0.4, 0.5) is 0 Å². The van der Waals surface area contributed by atoms with E-state index in [4.69, 9.17) is 14.2 Å². The molecule has 0 fully saturated rings. The molecule has 0 spiro atoms. The van der Waals surface area contributed by atoms with Gasteiger partial charge in [-0.3, -0.25) is 0 Å². The van der Waals surface area contributed by atoms with Gasteiger partial charge in [0.15, 0.2) is 11.5 Å². The van der Waals surface area contributed by atoms with Gasteiger partial charge in [0.05, 0.1) is 19.8 Å². The second kappa shape index (κ2) is 4.52. The maximum absolute atomic E-state index is 5.66. The first-order valence-corrected chi connectivity index (χ1v) is 5.92. The molecule has 0 radical (unpaired) electrons. The van der Waals surface area contributed by atoms with Crippen LogP contribution in [0.3, 0.4) is 0 Å². The Bertz CT molecular complexity index is 492. The summed E-state index contributed by atoms with van der Waals surface area (Å²) in [6.45, 7) is 6.72. The van der Waals surface area contributed by atoms with E-state index in [2.05, 4.69) is 18.8 Å². The maximum Gasteiger partial charge on any atom is 0.217 e. The molecule has 0 amide bonds. The van der Waals surface area contributed by atoms with Crippen molar-refractivity contribution >= 4 is 5.90 Å². The van der Waals surface area contributed by atoms with Crippen molar-refractivity contribution in [3.8, 4) is 11.5 Å². The smallest absolute Gasteiger partial charge is 0.217 e. The van der Waals surface area contributed by atoms with Crippen molar-refractivity contribution < 1.29 is 14.2 Å². The van der Waals surface area contributed by atoms with Gasteiger partial charge in [-0.15, -0.1) is 0 Å². The first-order valence-electron chi connectivity index (χ1n) is 5.92. The van der Waals surface area contributed by atoms with Gasteiger partial charge in [-0.1, -0.05) is 0 Å². The lowest BCUT2D eigenvalue weighted by atomic mass is 10.1.